The fraction of sp³-hybridized carbons (Fsp3) is 0.500. The zero-order valence-electron chi connectivity index (χ0n) is 7.65. The van der Waals surface area contributed by atoms with E-state index in [1.807, 2.05) is 0 Å². The molecule has 1 aliphatic carbocycles. The first-order chi connectivity index (χ1) is 6.06. The molecule has 0 spiro atoms. The van der Waals surface area contributed by atoms with Crippen LogP contribution in [0.2, 0.25) is 0 Å². The Morgan fingerprint density at radius 3 is 2.00 bits per heavy atom. The molecule has 1 aliphatic rings. The van der Waals surface area contributed by atoms with Crippen molar-refractivity contribution >= 4 is 23.8 Å². The van der Waals surface area contributed by atoms with Crippen LogP contribution in [0.4, 0.5) is 0 Å². The maximum atomic E-state index is 11.0. The Morgan fingerprint density at radius 2 is 1.71 bits per heavy atom. The van der Waals surface area contributed by atoms with Gasteiger partial charge in [-0.3, -0.25) is 4.79 Å². The molecule has 1 N–H and O–H groups in total. The number of Topliss-reactive ketones (excluding diaryl/α,β-unsaturated/α-hetero) is 2. The van der Waals surface area contributed by atoms with Crippen LogP contribution in [-0.4, -0.2) is 28.9 Å². The fourth-order valence-corrected chi connectivity index (χ4v) is 1.28. The third-order valence-electron chi connectivity index (χ3n) is 2.01. The topological polar surface area (TPSA) is 88.5 Å². The van der Waals surface area contributed by atoms with Gasteiger partial charge >= 0.3 is 64.2 Å². The van der Waals surface area contributed by atoms with Crippen molar-refractivity contribution < 1.29 is 82.5 Å². The minimum Gasteiger partial charge on any atom is -0.541 e. The largest absolute Gasteiger partial charge is 1.00 e. The molecule has 0 atom stereocenters. The third kappa shape index (κ3) is 3.15. The summed E-state index contributed by atoms with van der Waals surface area (Å²) < 4.78 is 0. The molecule has 1 rings (SSSR count). The molecule has 1 fully saturated rings. The quantitative estimate of drug-likeness (QED) is 0.412. The van der Waals surface area contributed by atoms with Crippen LogP contribution >= 0.6 is 0 Å². The van der Waals surface area contributed by atoms with E-state index in [1.165, 1.54) is 6.29 Å². The van der Waals surface area contributed by atoms with E-state index in [0.717, 1.165) is 0 Å². The van der Waals surface area contributed by atoms with E-state index in [-0.39, 0.29) is 71.0 Å². The molecule has 0 aromatic heterocycles. The first-order valence-corrected chi connectivity index (χ1v) is 3.72. The van der Waals surface area contributed by atoms with Gasteiger partial charge in [-0.25, -0.2) is 6.29 Å². The average molecular weight is 269 g/mol. The van der Waals surface area contributed by atoms with Crippen LogP contribution in [0, 0.1) is 11.8 Å². The number of carboxylic acid groups (broad SMARTS) is 1. The molecule has 1 saturated carbocycles. The number of hydrogen-bond acceptors (Lipinski definition) is 4. The van der Waals surface area contributed by atoms with Crippen molar-refractivity contribution in [3.8, 4) is 0 Å². The monoisotopic (exact) mass is 268 g/mol. The summed E-state index contributed by atoms with van der Waals surface area (Å²) in [4.78, 5) is 42.6. The van der Waals surface area contributed by atoms with E-state index >= 15 is 0 Å². The van der Waals surface area contributed by atoms with E-state index in [9.17, 15) is 19.2 Å². The molecule has 14 heavy (non-hydrogen) atoms. The molecule has 0 radical (unpaired) electrons. The number of hydrogen-bond donors (Lipinski definition) is 1. The molecule has 0 unspecified atom stereocenters. The molecular formula is C8H7O5Rb. The summed E-state index contributed by atoms with van der Waals surface area (Å²) in [5, 5.41) is 8.53. The summed E-state index contributed by atoms with van der Waals surface area (Å²) in [5.74, 6) is -4.77. The first-order valence-electron chi connectivity index (χ1n) is 3.72. The van der Waals surface area contributed by atoms with Gasteiger partial charge in [0.25, 0.3) is 0 Å². The molecule has 0 bridgehead atoms. The second-order valence-electron chi connectivity index (χ2n) is 2.93. The molecule has 5 nitrogen and oxygen atoms in total. The van der Waals surface area contributed by atoms with Crippen molar-refractivity contribution in [3.05, 3.63) is 0 Å². The Labute approximate surface area is 129 Å². The third-order valence-corrected chi connectivity index (χ3v) is 2.01. The summed E-state index contributed by atoms with van der Waals surface area (Å²) in [5.41, 5.74) is 0. The van der Waals surface area contributed by atoms with E-state index in [1.54, 1.807) is 0 Å². The van der Waals surface area contributed by atoms with Gasteiger partial charge in [0, 0.05) is 12.8 Å². The van der Waals surface area contributed by atoms with Gasteiger partial charge in [-0.1, -0.05) is 0 Å². The SMILES string of the molecule is O=[C-]C1C(=O)CC(C(=O)O)CC1=O.[Rb+]. The number of ketones is 2. The Bertz CT molecular complexity index is 267. The van der Waals surface area contributed by atoms with Crippen molar-refractivity contribution in [3.63, 3.8) is 0 Å². The molecular weight excluding hydrogens is 262 g/mol. The maximum absolute atomic E-state index is 11.0. The maximum Gasteiger partial charge on any atom is 1.00 e. The summed E-state index contributed by atoms with van der Waals surface area (Å²) in [6.45, 7) is 0. The summed E-state index contributed by atoms with van der Waals surface area (Å²) >= 11 is 0. The predicted molar refractivity (Wildman–Crippen MR) is 39.6 cm³/mol. The predicted octanol–water partition coefficient (Wildman–Crippen LogP) is -3.65. The molecule has 0 aromatic carbocycles. The number of aliphatic carboxylic acids is 1. The van der Waals surface area contributed by atoms with Gasteiger partial charge in [0.05, 0.1) is 5.92 Å². The van der Waals surface area contributed by atoms with Gasteiger partial charge in [0.15, 0.2) is 0 Å². The second-order valence-corrected chi connectivity index (χ2v) is 2.93. The molecule has 0 aromatic rings. The van der Waals surface area contributed by atoms with E-state index in [2.05, 4.69) is 0 Å². The summed E-state index contributed by atoms with van der Waals surface area (Å²) in [6, 6.07) is 0. The van der Waals surface area contributed by atoms with Crippen molar-refractivity contribution in [1.82, 2.24) is 0 Å². The van der Waals surface area contributed by atoms with Gasteiger partial charge in [-0.2, -0.15) is 0 Å². The normalized spacial score (nSPS) is 26.6. The van der Waals surface area contributed by atoms with E-state index < -0.39 is 29.4 Å². The van der Waals surface area contributed by atoms with Crippen LogP contribution in [0.15, 0.2) is 0 Å². The minimum absolute atomic E-state index is 0. The van der Waals surface area contributed by atoms with Gasteiger partial charge in [-0.05, 0) is 5.92 Å². The molecule has 6 heteroatoms. The number of rotatable bonds is 2. The molecule has 0 amide bonds. The van der Waals surface area contributed by atoms with Crippen LogP contribution in [0.25, 0.3) is 0 Å². The second kappa shape index (κ2) is 6.00. The molecule has 0 saturated heterocycles. The van der Waals surface area contributed by atoms with Crippen LogP contribution < -0.4 is 58.2 Å². The van der Waals surface area contributed by atoms with Gasteiger partial charge in [0.2, 0.25) is 0 Å². The van der Waals surface area contributed by atoms with Crippen molar-refractivity contribution in [1.29, 1.82) is 0 Å². The van der Waals surface area contributed by atoms with Gasteiger partial charge < -0.3 is 19.5 Å². The summed E-state index contributed by atoms with van der Waals surface area (Å²) in [7, 11) is 0. The standard InChI is InChI=1S/C8H7O5.Rb/c9-3-5-6(10)1-4(8(12)13)2-7(5)11;/h4-5H,1-2H2,(H,12,13);/q-1;+1. The Kier molecular flexibility index (Phi) is 6.12. The molecule has 0 aliphatic heterocycles. The minimum atomic E-state index is -1.35. The van der Waals surface area contributed by atoms with E-state index in [4.69, 9.17) is 5.11 Å². The molecule has 70 valence electrons. The van der Waals surface area contributed by atoms with E-state index in [0.29, 0.717) is 0 Å². The Balaban J connectivity index is 0.00000169. The van der Waals surface area contributed by atoms with Crippen molar-refractivity contribution in [2.75, 3.05) is 0 Å². The van der Waals surface area contributed by atoms with Crippen LogP contribution in [0.3, 0.4) is 0 Å². The van der Waals surface area contributed by atoms with Crippen LogP contribution in [0.1, 0.15) is 12.8 Å². The summed E-state index contributed by atoms with van der Waals surface area (Å²) in [6.07, 6.45) is 0.823. The van der Waals surface area contributed by atoms with Gasteiger partial charge in [-0.15, -0.1) is 0 Å². The zero-order chi connectivity index (χ0) is 10.0. The molecule has 0 heterocycles. The number of carbonyl (C=O) groups is 3. The van der Waals surface area contributed by atoms with Crippen LogP contribution in [0.5, 0.6) is 0 Å². The Morgan fingerprint density at radius 1 is 1.29 bits per heavy atom. The van der Waals surface area contributed by atoms with Crippen molar-refractivity contribution in [2.45, 2.75) is 12.8 Å². The first kappa shape index (κ1) is 14.3. The van der Waals surface area contributed by atoms with Gasteiger partial charge in [0.1, 0.15) is 11.6 Å². The number of carbonyl (C=O) groups excluding carboxylic acids is 3. The fourth-order valence-electron chi connectivity index (χ4n) is 1.28. The Hall–Kier alpha value is 0.285. The van der Waals surface area contributed by atoms with Crippen LogP contribution in [-0.2, 0) is 19.2 Å². The van der Waals surface area contributed by atoms with Crippen molar-refractivity contribution in [2.24, 2.45) is 11.8 Å². The zero-order valence-corrected chi connectivity index (χ0v) is 12.6. The average Bonchev–Trinajstić information content (AvgIpc) is 2.03. The smallest absolute Gasteiger partial charge is 0.541 e. The number of carboxylic acids is 1.